The van der Waals surface area contributed by atoms with Gasteiger partial charge < -0.3 is 5.32 Å². The number of anilines is 1. The Morgan fingerprint density at radius 2 is 1.81 bits per heavy atom. The van der Waals surface area contributed by atoms with E-state index >= 15 is 0 Å². The Morgan fingerprint density at radius 3 is 2.38 bits per heavy atom. The standard InChI is InChI=1S/C16H25N5/c1-12(2)8-15(9-13(3)4)18-14-6-5-7-16(10-14)21-11-17-19-20-21/h5-7,10-13,15,18H,8-9H2,1-4H3. The monoisotopic (exact) mass is 287 g/mol. The molecular formula is C16H25N5. The Labute approximate surface area is 126 Å². The smallest absolute Gasteiger partial charge is 0.143 e. The summed E-state index contributed by atoms with van der Waals surface area (Å²) in [6.45, 7) is 9.08. The second-order valence-corrected chi connectivity index (χ2v) is 6.41. The Kier molecular flexibility index (Phi) is 5.31. The molecule has 0 aliphatic heterocycles. The molecule has 0 radical (unpaired) electrons. The van der Waals surface area contributed by atoms with Crippen molar-refractivity contribution in [2.45, 2.75) is 46.6 Å². The number of hydrogen-bond acceptors (Lipinski definition) is 4. The van der Waals surface area contributed by atoms with E-state index in [1.54, 1.807) is 11.0 Å². The first-order chi connectivity index (χ1) is 10.0. The number of rotatable bonds is 7. The van der Waals surface area contributed by atoms with E-state index in [-0.39, 0.29) is 0 Å². The van der Waals surface area contributed by atoms with E-state index in [1.807, 2.05) is 12.1 Å². The molecule has 114 valence electrons. The molecule has 5 heteroatoms. The number of tetrazole rings is 1. The topological polar surface area (TPSA) is 55.6 Å². The SMILES string of the molecule is CC(C)CC(CC(C)C)Nc1cccc(-n2cnnn2)c1. The van der Waals surface area contributed by atoms with Gasteiger partial charge in [0.15, 0.2) is 0 Å². The molecule has 0 atom stereocenters. The highest BCUT2D eigenvalue weighted by molar-refractivity contribution is 5.51. The van der Waals surface area contributed by atoms with E-state index in [0.717, 1.165) is 11.4 Å². The Balaban J connectivity index is 2.11. The number of benzene rings is 1. The summed E-state index contributed by atoms with van der Waals surface area (Å²) < 4.78 is 1.67. The van der Waals surface area contributed by atoms with Crippen LogP contribution in [0.1, 0.15) is 40.5 Å². The molecule has 1 aromatic heterocycles. The van der Waals surface area contributed by atoms with Gasteiger partial charge in [0.05, 0.1) is 5.69 Å². The molecule has 0 saturated heterocycles. The van der Waals surface area contributed by atoms with E-state index < -0.39 is 0 Å². The molecule has 0 aliphatic carbocycles. The number of nitrogens with zero attached hydrogens (tertiary/aromatic N) is 4. The van der Waals surface area contributed by atoms with Crippen molar-refractivity contribution in [2.24, 2.45) is 11.8 Å². The maximum atomic E-state index is 3.93. The van der Waals surface area contributed by atoms with Crippen molar-refractivity contribution >= 4 is 5.69 Å². The van der Waals surface area contributed by atoms with Crippen LogP contribution in [-0.2, 0) is 0 Å². The second-order valence-electron chi connectivity index (χ2n) is 6.41. The molecule has 2 rings (SSSR count). The molecule has 1 aromatic carbocycles. The van der Waals surface area contributed by atoms with Gasteiger partial charge in [0.2, 0.25) is 0 Å². The first-order valence-corrected chi connectivity index (χ1v) is 7.64. The average Bonchev–Trinajstić information content (AvgIpc) is 2.91. The molecule has 0 fully saturated rings. The Bertz CT molecular complexity index is 523. The average molecular weight is 287 g/mol. The largest absolute Gasteiger partial charge is 0.382 e. The maximum Gasteiger partial charge on any atom is 0.143 e. The molecular weight excluding hydrogens is 262 g/mol. The Morgan fingerprint density at radius 1 is 1.10 bits per heavy atom. The molecule has 0 bridgehead atoms. The summed E-state index contributed by atoms with van der Waals surface area (Å²) in [4.78, 5) is 0. The third kappa shape index (κ3) is 4.85. The van der Waals surface area contributed by atoms with Gasteiger partial charge in [-0.1, -0.05) is 33.8 Å². The minimum Gasteiger partial charge on any atom is -0.382 e. The van der Waals surface area contributed by atoms with Crippen LogP contribution in [0, 0.1) is 11.8 Å². The highest BCUT2D eigenvalue weighted by Gasteiger charge is 2.13. The van der Waals surface area contributed by atoms with E-state index in [1.165, 1.54) is 12.8 Å². The quantitative estimate of drug-likeness (QED) is 0.846. The Hall–Kier alpha value is -1.91. The van der Waals surface area contributed by atoms with Crippen molar-refractivity contribution in [3.63, 3.8) is 0 Å². The van der Waals surface area contributed by atoms with Crippen molar-refractivity contribution in [3.05, 3.63) is 30.6 Å². The summed E-state index contributed by atoms with van der Waals surface area (Å²) in [5.41, 5.74) is 2.09. The van der Waals surface area contributed by atoms with Gasteiger partial charge in [-0.15, -0.1) is 5.10 Å². The highest BCUT2D eigenvalue weighted by atomic mass is 15.5. The summed E-state index contributed by atoms with van der Waals surface area (Å²) in [7, 11) is 0. The van der Waals surface area contributed by atoms with Gasteiger partial charge in [-0.05, 0) is 53.3 Å². The van der Waals surface area contributed by atoms with Gasteiger partial charge in [-0.2, -0.15) is 0 Å². The lowest BCUT2D eigenvalue weighted by molar-refractivity contribution is 0.442. The van der Waals surface area contributed by atoms with Gasteiger partial charge in [0.25, 0.3) is 0 Å². The third-order valence-electron chi connectivity index (χ3n) is 3.34. The fraction of sp³-hybridized carbons (Fsp3) is 0.562. The molecule has 1 N–H and O–H groups in total. The zero-order chi connectivity index (χ0) is 15.2. The van der Waals surface area contributed by atoms with Crippen LogP contribution in [-0.4, -0.2) is 26.2 Å². The molecule has 0 unspecified atom stereocenters. The lowest BCUT2D eigenvalue weighted by Crippen LogP contribution is -2.23. The zero-order valence-corrected chi connectivity index (χ0v) is 13.3. The molecule has 0 amide bonds. The molecule has 2 aromatic rings. The van der Waals surface area contributed by atoms with Gasteiger partial charge in [-0.3, -0.25) is 0 Å². The first-order valence-electron chi connectivity index (χ1n) is 7.64. The fourth-order valence-corrected chi connectivity index (χ4v) is 2.61. The predicted octanol–water partition coefficient (Wildman–Crippen LogP) is 3.54. The van der Waals surface area contributed by atoms with Crippen LogP contribution in [0.15, 0.2) is 30.6 Å². The summed E-state index contributed by atoms with van der Waals surface area (Å²) in [6, 6.07) is 8.71. The summed E-state index contributed by atoms with van der Waals surface area (Å²) in [5, 5.41) is 15.0. The van der Waals surface area contributed by atoms with Crippen LogP contribution in [0.25, 0.3) is 5.69 Å². The van der Waals surface area contributed by atoms with Crippen molar-refractivity contribution < 1.29 is 0 Å². The van der Waals surface area contributed by atoms with Crippen molar-refractivity contribution in [3.8, 4) is 5.69 Å². The van der Waals surface area contributed by atoms with Crippen LogP contribution >= 0.6 is 0 Å². The van der Waals surface area contributed by atoms with Crippen LogP contribution in [0.5, 0.6) is 0 Å². The van der Waals surface area contributed by atoms with Gasteiger partial charge in [-0.25, -0.2) is 4.68 Å². The molecule has 5 nitrogen and oxygen atoms in total. The van der Waals surface area contributed by atoms with Crippen LogP contribution < -0.4 is 5.32 Å². The normalized spacial score (nSPS) is 11.6. The van der Waals surface area contributed by atoms with E-state index in [4.69, 9.17) is 0 Å². The predicted molar refractivity (Wildman–Crippen MR) is 85.5 cm³/mol. The third-order valence-corrected chi connectivity index (χ3v) is 3.34. The fourth-order valence-electron chi connectivity index (χ4n) is 2.61. The van der Waals surface area contributed by atoms with Crippen molar-refractivity contribution in [1.29, 1.82) is 0 Å². The maximum absolute atomic E-state index is 3.93. The van der Waals surface area contributed by atoms with Crippen LogP contribution in [0.3, 0.4) is 0 Å². The van der Waals surface area contributed by atoms with Gasteiger partial charge in [0, 0.05) is 11.7 Å². The molecule has 0 aliphatic rings. The minimum absolute atomic E-state index is 0.495. The summed E-state index contributed by atoms with van der Waals surface area (Å²) in [5.74, 6) is 1.37. The number of hydrogen-bond donors (Lipinski definition) is 1. The van der Waals surface area contributed by atoms with Crippen LogP contribution in [0.2, 0.25) is 0 Å². The summed E-state index contributed by atoms with van der Waals surface area (Å²) >= 11 is 0. The summed E-state index contributed by atoms with van der Waals surface area (Å²) in [6.07, 6.45) is 3.96. The van der Waals surface area contributed by atoms with Crippen molar-refractivity contribution in [1.82, 2.24) is 20.2 Å². The first kappa shape index (κ1) is 15.5. The highest BCUT2D eigenvalue weighted by Crippen LogP contribution is 2.20. The van der Waals surface area contributed by atoms with Gasteiger partial charge in [0.1, 0.15) is 6.33 Å². The zero-order valence-electron chi connectivity index (χ0n) is 13.3. The van der Waals surface area contributed by atoms with E-state index in [9.17, 15) is 0 Å². The van der Waals surface area contributed by atoms with Crippen LogP contribution in [0.4, 0.5) is 5.69 Å². The lowest BCUT2D eigenvalue weighted by Gasteiger charge is -2.23. The minimum atomic E-state index is 0.495. The molecule has 1 heterocycles. The molecule has 21 heavy (non-hydrogen) atoms. The molecule has 0 saturated carbocycles. The van der Waals surface area contributed by atoms with Crippen molar-refractivity contribution in [2.75, 3.05) is 5.32 Å². The molecule has 0 spiro atoms. The van der Waals surface area contributed by atoms with E-state index in [0.29, 0.717) is 17.9 Å². The number of aromatic nitrogens is 4. The lowest BCUT2D eigenvalue weighted by atomic mass is 9.95. The second kappa shape index (κ2) is 7.20. The number of nitrogens with one attached hydrogen (secondary N) is 1. The van der Waals surface area contributed by atoms with Gasteiger partial charge >= 0.3 is 0 Å². The van der Waals surface area contributed by atoms with E-state index in [2.05, 4.69) is 60.7 Å².